The van der Waals surface area contributed by atoms with Crippen molar-refractivity contribution in [3.8, 4) is 11.5 Å². The van der Waals surface area contributed by atoms with Crippen molar-refractivity contribution in [1.82, 2.24) is 0 Å². The Morgan fingerprint density at radius 2 is 1.92 bits per heavy atom. The minimum atomic E-state index is -0.769. The Morgan fingerprint density at radius 3 is 2.56 bits per heavy atom. The summed E-state index contributed by atoms with van der Waals surface area (Å²) in [5.41, 5.74) is 1.13. The van der Waals surface area contributed by atoms with E-state index in [0.717, 1.165) is 17.3 Å². The van der Waals surface area contributed by atoms with Crippen LogP contribution in [-0.2, 0) is 20.9 Å². The van der Waals surface area contributed by atoms with E-state index in [9.17, 15) is 19.1 Å². The summed E-state index contributed by atoms with van der Waals surface area (Å²) < 4.78 is 29.4. The normalized spacial score (nSPS) is 15.5. The summed E-state index contributed by atoms with van der Waals surface area (Å²) in [6.07, 6.45) is 2.40. The minimum absolute atomic E-state index is 0.0768. The van der Waals surface area contributed by atoms with E-state index in [-0.39, 0.29) is 46.9 Å². The molecule has 1 aliphatic heterocycles. The number of halogens is 2. The lowest BCUT2D eigenvalue weighted by atomic mass is 10.1. The molecule has 1 amide bonds. The first-order valence-electron chi connectivity index (χ1n) is 11.1. The van der Waals surface area contributed by atoms with Gasteiger partial charge in [0.15, 0.2) is 11.5 Å². The number of amides is 1. The highest BCUT2D eigenvalue weighted by Crippen LogP contribution is 2.42. The third-order valence-electron chi connectivity index (χ3n) is 4.91. The van der Waals surface area contributed by atoms with E-state index in [4.69, 9.17) is 25.8 Å². The molecule has 1 heterocycles. The van der Waals surface area contributed by atoms with Gasteiger partial charge in [-0.3, -0.25) is 4.79 Å². The number of carbonyl (C=O) groups is 2. The summed E-state index contributed by atoms with van der Waals surface area (Å²) in [6.45, 7) is 3.72. The Morgan fingerprint density at radius 1 is 1.19 bits per heavy atom. The van der Waals surface area contributed by atoms with Gasteiger partial charge in [0.1, 0.15) is 28.8 Å². The van der Waals surface area contributed by atoms with Crippen LogP contribution in [0.25, 0.3) is 6.08 Å². The van der Waals surface area contributed by atoms with E-state index in [1.807, 2.05) is 6.92 Å². The van der Waals surface area contributed by atoms with Crippen LogP contribution in [0.1, 0.15) is 37.8 Å². The number of hydrogen-bond acceptors (Lipinski definition) is 7. The van der Waals surface area contributed by atoms with Crippen molar-refractivity contribution < 1.29 is 33.3 Å². The van der Waals surface area contributed by atoms with Gasteiger partial charge in [0.2, 0.25) is 5.91 Å². The average molecular weight is 534 g/mol. The Labute approximate surface area is 217 Å². The lowest BCUT2D eigenvalue weighted by Gasteiger charge is -2.13. The van der Waals surface area contributed by atoms with Gasteiger partial charge in [-0.25, -0.2) is 14.2 Å². The molecule has 0 fully saturated rings. The molecule has 190 valence electrons. The van der Waals surface area contributed by atoms with Crippen LogP contribution in [0.5, 0.6) is 11.5 Å². The van der Waals surface area contributed by atoms with Crippen LogP contribution in [0, 0.1) is 5.82 Å². The lowest BCUT2D eigenvalue weighted by Crippen LogP contribution is -2.14. The average Bonchev–Trinajstić information content (AvgIpc) is 3.13. The molecule has 36 heavy (non-hydrogen) atoms. The van der Waals surface area contributed by atoms with E-state index < -0.39 is 11.9 Å². The highest BCUT2D eigenvalue weighted by atomic mass is 35.5. The van der Waals surface area contributed by atoms with Gasteiger partial charge in [0.05, 0.1) is 23.6 Å². The molecule has 0 aliphatic carbocycles. The number of aliphatic hydroxyl groups is 1. The predicted molar refractivity (Wildman–Crippen MR) is 138 cm³/mol. The molecule has 0 saturated heterocycles. The molecule has 1 N–H and O–H groups in total. The van der Waals surface area contributed by atoms with Crippen molar-refractivity contribution in [3.05, 3.63) is 74.6 Å². The van der Waals surface area contributed by atoms with E-state index in [1.165, 1.54) is 19.2 Å². The van der Waals surface area contributed by atoms with E-state index >= 15 is 0 Å². The number of carbonyl (C=O) groups excluding carboxylic acids is 2. The molecule has 0 radical (unpaired) electrons. The van der Waals surface area contributed by atoms with Gasteiger partial charge in [-0.2, -0.15) is 0 Å². The van der Waals surface area contributed by atoms with Gasteiger partial charge in [0.25, 0.3) is 0 Å². The maximum Gasteiger partial charge on any atom is 0.344 e. The standard InChI is InChI=1S/C26H25ClFNO6S/c1-4-6-21(30)29-25-22(26(32)34-5-2)23(31)20(36-25)13-16-11-18(27)24(19(12-16)33-3)35-14-15-7-9-17(28)10-8-15/h7-13,31H,4-6,14H2,1-3H3/b20-13-,29-25?. The first-order valence-corrected chi connectivity index (χ1v) is 12.3. The molecule has 0 aromatic heterocycles. The van der Waals surface area contributed by atoms with Crippen molar-refractivity contribution >= 4 is 46.4 Å². The summed E-state index contributed by atoms with van der Waals surface area (Å²) in [5.74, 6) is -1.22. The number of methoxy groups -OCH3 is 1. The topological polar surface area (TPSA) is 94.4 Å². The van der Waals surface area contributed by atoms with Crippen LogP contribution in [0.2, 0.25) is 5.02 Å². The zero-order valence-corrected chi connectivity index (χ0v) is 21.5. The van der Waals surface area contributed by atoms with Gasteiger partial charge in [-0.05, 0) is 54.8 Å². The number of nitrogens with zero attached hydrogens (tertiary/aromatic N) is 1. The third-order valence-corrected chi connectivity index (χ3v) is 6.21. The first kappa shape index (κ1) is 27.3. The third kappa shape index (κ3) is 6.67. The number of thioether (sulfide) groups is 1. The van der Waals surface area contributed by atoms with E-state index in [0.29, 0.717) is 28.4 Å². The molecule has 10 heteroatoms. The second-order valence-electron chi connectivity index (χ2n) is 7.56. The van der Waals surface area contributed by atoms with Crippen LogP contribution in [-0.4, -0.2) is 35.7 Å². The largest absolute Gasteiger partial charge is 0.506 e. The molecule has 0 atom stereocenters. The monoisotopic (exact) mass is 533 g/mol. The fraction of sp³-hybridized carbons (Fsp3) is 0.269. The van der Waals surface area contributed by atoms with Crippen molar-refractivity contribution in [2.24, 2.45) is 4.99 Å². The molecular formula is C26H25ClFNO6S. The zero-order valence-electron chi connectivity index (χ0n) is 20.0. The molecule has 0 bridgehead atoms. The summed E-state index contributed by atoms with van der Waals surface area (Å²) >= 11 is 7.44. The predicted octanol–water partition coefficient (Wildman–Crippen LogP) is 6.25. The molecule has 7 nitrogen and oxygen atoms in total. The van der Waals surface area contributed by atoms with Crippen LogP contribution in [0.4, 0.5) is 4.39 Å². The van der Waals surface area contributed by atoms with Gasteiger partial charge < -0.3 is 19.3 Å². The number of rotatable bonds is 9. The SMILES string of the molecule is CCCC(=O)N=C1S/C(=C\c2cc(Cl)c(OCc3ccc(F)cc3)c(OC)c2)C(O)=C1C(=O)OCC. The number of esters is 1. The highest BCUT2D eigenvalue weighted by molar-refractivity contribution is 8.18. The van der Waals surface area contributed by atoms with Gasteiger partial charge in [-0.15, -0.1) is 0 Å². The molecule has 1 aliphatic rings. The molecule has 2 aromatic rings. The number of aliphatic imine (C=N–C) groups is 1. The van der Waals surface area contributed by atoms with Crippen molar-refractivity contribution in [3.63, 3.8) is 0 Å². The Bertz CT molecular complexity index is 1240. The second kappa shape index (κ2) is 12.6. The van der Waals surface area contributed by atoms with Gasteiger partial charge >= 0.3 is 5.97 Å². The molecule has 0 unspecified atom stereocenters. The molecule has 2 aromatic carbocycles. The smallest absolute Gasteiger partial charge is 0.344 e. The number of benzene rings is 2. The Balaban J connectivity index is 1.92. The van der Waals surface area contributed by atoms with Crippen LogP contribution in [0.15, 0.2) is 57.6 Å². The molecule has 0 spiro atoms. The van der Waals surface area contributed by atoms with E-state index in [2.05, 4.69) is 4.99 Å². The number of hydrogen-bond donors (Lipinski definition) is 1. The first-order chi connectivity index (χ1) is 17.3. The van der Waals surface area contributed by atoms with Crippen LogP contribution < -0.4 is 9.47 Å². The van der Waals surface area contributed by atoms with Crippen molar-refractivity contribution in [2.75, 3.05) is 13.7 Å². The van der Waals surface area contributed by atoms with Crippen molar-refractivity contribution in [1.29, 1.82) is 0 Å². The van der Waals surface area contributed by atoms with Crippen molar-refractivity contribution in [2.45, 2.75) is 33.3 Å². The fourth-order valence-corrected chi connectivity index (χ4v) is 4.53. The zero-order chi connectivity index (χ0) is 26.2. The quantitative estimate of drug-likeness (QED) is 0.380. The van der Waals surface area contributed by atoms with Gasteiger partial charge in [-0.1, -0.05) is 42.4 Å². The van der Waals surface area contributed by atoms with E-state index in [1.54, 1.807) is 37.3 Å². The number of aliphatic hydroxyl groups excluding tert-OH is 1. The summed E-state index contributed by atoms with van der Waals surface area (Å²) in [7, 11) is 1.46. The molecule has 3 rings (SSSR count). The van der Waals surface area contributed by atoms with Crippen LogP contribution in [0.3, 0.4) is 0 Å². The maximum absolute atomic E-state index is 13.1. The summed E-state index contributed by atoms with van der Waals surface area (Å²) in [4.78, 5) is 28.9. The minimum Gasteiger partial charge on any atom is -0.506 e. The summed E-state index contributed by atoms with van der Waals surface area (Å²) in [6, 6.07) is 9.13. The maximum atomic E-state index is 13.1. The molecule has 0 saturated carbocycles. The second-order valence-corrected chi connectivity index (χ2v) is 9.00. The van der Waals surface area contributed by atoms with Crippen LogP contribution >= 0.6 is 23.4 Å². The fourth-order valence-electron chi connectivity index (χ4n) is 3.23. The summed E-state index contributed by atoms with van der Waals surface area (Å²) in [5, 5.41) is 11.1. The highest BCUT2D eigenvalue weighted by Gasteiger charge is 2.33. The lowest BCUT2D eigenvalue weighted by molar-refractivity contribution is -0.138. The molecular weight excluding hydrogens is 509 g/mol. The number of ether oxygens (including phenoxy) is 3. The Hall–Kier alpha value is -3.30. The Kier molecular flexibility index (Phi) is 9.55. The van der Waals surface area contributed by atoms with Gasteiger partial charge in [0, 0.05) is 6.42 Å².